The van der Waals surface area contributed by atoms with Crippen molar-refractivity contribution in [2.24, 2.45) is 0 Å². The van der Waals surface area contributed by atoms with Gasteiger partial charge in [-0.2, -0.15) is 13.2 Å². The molecule has 0 spiro atoms. The molecule has 0 radical (unpaired) electrons. The molecule has 0 bridgehead atoms. The minimum atomic E-state index is -4.53. The summed E-state index contributed by atoms with van der Waals surface area (Å²) in [6.07, 6.45) is -4.53. The van der Waals surface area contributed by atoms with Gasteiger partial charge >= 0.3 is 6.18 Å². The summed E-state index contributed by atoms with van der Waals surface area (Å²) in [5.41, 5.74) is -0.135. The molecule has 0 fully saturated rings. The van der Waals surface area contributed by atoms with E-state index in [-0.39, 0.29) is 22.2 Å². The summed E-state index contributed by atoms with van der Waals surface area (Å²) in [7, 11) is 0. The van der Waals surface area contributed by atoms with Crippen molar-refractivity contribution in [2.75, 3.05) is 0 Å². The van der Waals surface area contributed by atoms with Gasteiger partial charge in [-0.25, -0.2) is 9.97 Å². The van der Waals surface area contributed by atoms with E-state index in [4.69, 9.17) is 0 Å². The molecule has 0 saturated carbocycles. The van der Waals surface area contributed by atoms with Crippen molar-refractivity contribution >= 4 is 17.7 Å². The summed E-state index contributed by atoms with van der Waals surface area (Å²) in [5, 5.41) is 10.8. The number of aromatic nitrogens is 2. The van der Waals surface area contributed by atoms with Crippen molar-refractivity contribution in [1.29, 1.82) is 0 Å². The van der Waals surface area contributed by atoms with Crippen LogP contribution in [0.2, 0.25) is 0 Å². The maximum absolute atomic E-state index is 12.7. The molecule has 0 saturated heterocycles. The van der Waals surface area contributed by atoms with E-state index in [1.807, 2.05) is 0 Å². The molecule has 1 aromatic carbocycles. The Kier molecular flexibility index (Phi) is 4.70. The minimum Gasteiger partial charge on any atom is -0.545 e. The molecule has 0 amide bonds. The first-order valence-electron chi connectivity index (χ1n) is 6.11. The Balaban J connectivity index is 2.16. The van der Waals surface area contributed by atoms with E-state index in [9.17, 15) is 23.1 Å². The van der Waals surface area contributed by atoms with E-state index >= 15 is 0 Å². The summed E-state index contributed by atoms with van der Waals surface area (Å²) in [6, 6.07) is 6.87. The second-order valence-electron chi connectivity index (χ2n) is 4.45. The molecule has 4 nitrogen and oxygen atoms in total. The first-order valence-corrected chi connectivity index (χ1v) is 7.10. The molecule has 0 atom stereocenters. The predicted octanol–water partition coefficient (Wildman–Crippen LogP) is 2.46. The number of thioether (sulfide) groups is 1. The van der Waals surface area contributed by atoms with Gasteiger partial charge in [0.05, 0.1) is 5.97 Å². The fourth-order valence-corrected chi connectivity index (χ4v) is 2.53. The van der Waals surface area contributed by atoms with Gasteiger partial charge in [-0.15, -0.1) is 0 Å². The maximum atomic E-state index is 12.7. The predicted molar refractivity (Wildman–Crippen MR) is 72.1 cm³/mol. The summed E-state index contributed by atoms with van der Waals surface area (Å²) in [5.74, 6) is -1.06. The number of aromatic carboxylic acids is 1. The van der Waals surface area contributed by atoms with Crippen LogP contribution in [-0.4, -0.2) is 15.9 Å². The summed E-state index contributed by atoms with van der Waals surface area (Å²) in [6.45, 7) is 1.46. The van der Waals surface area contributed by atoms with Crippen molar-refractivity contribution in [1.82, 2.24) is 9.97 Å². The molecule has 0 aliphatic carbocycles. The Hall–Kier alpha value is -2.09. The number of nitrogens with zero attached hydrogens (tertiary/aromatic N) is 2. The quantitative estimate of drug-likeness (QED) is 0.637. The van der Waals surface area contributed by atoms with E-state index in [1.165, 1.54) is 19.1 Å². The molecule has 1 aromatic heterocycles. The van der Waals surface area contributed by atoms with Crippen molar-refractivity contribution < 1.29 is 23.1 Å². The third kappa shape index (κ3) is 4.20. The van der Waals surface area contributed by atoms with Crippen molar-refractivity contribution in [2.45, 2.75) is 24.0 Å². The molecule has 116 valence electrons. The molecule has 22 heavy (non-hydrogen) atoms. The molecular formula is C14H10F3N2O2S-. The van der Waals surface area contributed by atoms with Gasteiger partial charge in [0.25, 0.3) is 0 Å². The monoisotopic (exact) mass is 327 g/mol. The van der Waals surface area contributed by atoms with Crippen LogP contribution in [0.1, 0.15) is 27.3 Å². The third-order valence-electron chi connectivity index (χ3n) is 2.65. The number of carbonyl (C=O) groups excluding carboxylic acids is 1. The number of carboxylic acids is 1. The normalized spacial score (nSPS) is 11.5. The molecular weight excluding hydrogens is 317 g/mol. The van der Waals surface area contributed by atoms with Crippen molar-refractivity contribution in [3.05, 3.63) is 52.8 Å². The Morgan fingerprint density at radius 1 is 1.27 bits per heavy atom. The molecule has 8 heteroatoms. The Labute approximate surface area is 128 Å². The van der Waals surface area contributed by atoms with E-state index < -0.39 is 17.8 Å². The standard InChI is InChI=1S/C14H11F3N2O2S/c1-8-5-11(14(15,16)17)19-13(18-8)22-7-9-3-2-4-10(6-9)12(20)21/h2-6H,7H2,1H3,(H,20,21)/p-1. The van der Waals surface area contributed by atoms with Gasteiger partial charge in [-0.1, -0.05) is 30.0 Å². The Morgan fingerprint density at radius 3 is 2.64 bits per heavy atom. The lowest BCUT2D eigenvalue weighted by Crippen LogP contribution is -2.22. The molecule has 2 aromatic rings. The maximum Gasteiger partial charge on any atom is 0.433 e. The van der Waals surface area contributed by atoms with E-state index in [2.05, 4.69) is 9.97 Å². The summed E-state index contributed by atoms with van der Waals surface area (Å²) < 4.78 is 38.0. The second kappa shape index (κ2) is 6.35. The van der Waals surface area contributed by atoms with Crippen LogP contribution < -0.4 is 5.11 Å². The zero-order valence-corrected chi connectivity index (χ0v) is 12.2. The third-order valence-corrected chi connectivity index (χ3v) is 3.57. The van der Waals surface area contributed by atoms with Crippen molar-refractivity contribution in [3.8, 4) is 0 Å². The lowest BCUT2D eigenvalue weighted by molar-refractivity contribution is -0.255. The lowest BCUT2D eigenvalue weighted by Gasteiger charge is -2.09. The lowest BCUT2D eigenvalue weighted by atomic mass is 10.1. The van der Waals surface area contributed by atoms with Crippen LogP contribution >= 0.6 is 11.8 Å². The van der Waals surface area contributed by atoms with Gasteiger partial charge in [0, 0.05) is 11.4 Å². The first-order chi connectivity index (χ1) is 10.3. The van der Waals surface area contributed by atoms with Crippen LogP contribution in [0.15, 0.2) is 35.5 Å². The number of carbonyl (C=O) groups is 1. The number of rotatable bonds is 4. The van der Waals surface area contributed by atoms with Crippen molar-refractivity contribution in [3.63, 3.8) is 0 Å². The highest BCUT2D eigenvalue weighted by Gasteiger charge is 2.33. The van der Waals surface area contributed by atoms with Gasteiger partial charge in [0.15, 0.2) is 5.16 Å². The molecule has 0 aliphatic heterocycles. The Bertz CT molecular complexity index is 705. The topological polar surface area (TPSA) is 65.9 Å². The van der Waals surface area contributed by atoms with Crippen LogP contribution in [0.4, 0.5) is 13.2 Å². The summed E-state index contributed by atoms with van der Waals surface area (Å²) >= 11 is 1.00. The molecule has 2 rings (SSSR count). The largest absolute Gasteiger partial charge is 0.545 e. The SMILES string of the molecule is Cc1cc(C(F)(F)F)nc(SCc2cccc(C(=O)[O-])c2)n1. The highest BCUT2D eigenvalue weighted by molar-refractivity contribution is 7.98. The zero-order valence-electron chi connectivity index (χ0n) is 11.3. The molecule has 0 unspecified atom stereocenters. The second-order valence-corrected chi connectivity index (χ2v) is 5.39. The number of hydrogen-bond donors (Lipinski definition) is 0. The molecule has 1 heterocycles. The highest BCUT2D eigenvalue weighted by Crippen LogP contribution is 2.30. The minimum absolute atomic E-state index is 0.00817. The van der Waals surface area contributed by atoms with Crippen LogP contribution in [0.25, 0.3) is 0 Å². The highest BCUT2D eigenvalue weighted by atomic mass is 32.2. The number of hydrogen-bond acceptors (Lipinski definition) is 5. The fraction of sp³-hybridized carbons (Fsp3) is 0.214. The summed E-state index contributed by atoms with van der Waals surface area (Å²) in [4.78, 5) is 18.2. The number of alkyl halides is 3. The number of carboxylic acid groups (broad SMARTS) is 1. The number of aryl methyl sites for hydroxylation is 1. The van der Waals surface area contributed by atoms with E-state index in [0.717, 1.165) is 17.8 Å². The van der Waals surface area contributed by atoms with Gasteiger partial charge in [-0.05, 0) is 30.2 Å². The number of benzene rings is 1. The van der Waals surface area contributed by atoms with Gasteiger partial charge in [-0.3, -0.25) is 0 Å². The van der Waals surface area contributed by atoms with Crippen LogP contribution in [-0.2, 0) is 11.9 Å². The zero-order chi connectivity index (χ0) is 16.3. The van der Waals surface area contributed by atoms with Gasteiger partial charge in [0.2, 0.25) is 0 Å². The molecule has 0 aliphatic rings. The van der Waals surface area contributed by atoms with Crippen LogP contribution in [0.3, 0.4) is 0 Å². The van der Waals surface area contributed by atoms with Crippen LogP contribution in [0, 0.1) is 6.92 Å². The fourth-order valence-electron chi connectivity index (χ4n) is 1.69. The van der Waals surface area contributed by atoms with E-state index in [0.29, 0.717) is 5.56 Å². The Morgan fingerprint density at radius 2 is 2.00 bits per heavy atom. The number of halogens is 3. The van der Waals surface area contributed by atoms with Crippen LogP contribution in [0.5, 0.6) is 0 Å². The molecule has 0 N–H and O–H groups in total. The van der Waals surface area contributed by atoms with Gasteiger partial charge in [0.1, 0.15) is 5.69 Å². The average molecular weight is 327 g/mol. The average Bonchev–Trinajstić information content (AvgIpc) is 2.44. The van der Waals surface area contributed by atoms with E-state index in [1.54, 1.807) is 12.1 Å². The smallest absolute Gasteiger partial charge is 0.433 e. The first kappa shape index (κ1) is 16.3. The van der Waals surface area contributed by atoms with Gasteiger partial charge < -0.3 is 9.90 Å².